The first-order chi connectivity index (χ1) is 9.46. The molecule has 1 aliphatic rings. The number of ether oxygens (including phenoxy) is 1. The summed E-state index contributed by atoms with van der Waals surface area (Å²) in [7, 11) is -0.181. The van der Waals surface area contributed by atoms with Crippen molar-refractivity contribution in [2.24, 2.45) is 5.92 Å². The average Bonchev–Trinajstić information content (AvgIpc) is 2.36. The highest BCUT2D eigenvalue weighted by molar-refractivity contribution is 7.89. The molecule has 6 heteroatoms. The Bertz CT molecular complexity index is 566. The van der Waals surface area contributed by atoms with Gasteiger partial charge in [-0.1, -0.05) is 13.0 Å². The molecule has 2 rings (SSSR count). The van der Waals surface area contributed by atoms with Gasteiger partial charge in [0, 0.05) is 12.6 Å². The normalized spacial score (nSPS) is 22.4. The molecule has 0 saturated heterocycles. The summed E-state index contributed by atoms with van der Waals surface area (Å²) < 4.78 is 32.7. The van der Waals surface area contributed by atoms with Gasteiger partial charge in [-0.2, -0.15) is 0 Å². The van der Waals surface area contributed by atoms with Crippen molar-refractivity contribution >= 4 is 10.0 Å². The molecule has 0 aromatic heterocycles. The second-order valence-electron chi connectivity index (χ2n) is 5.41. The average molecular weight is 298 g/mol. The van der Waals surface area contributed by atoms with Crippen molar-refractivity contribution in [3.05, 3.63) is 23.8 Å². The molecule has 1 saturated carbocycles. The van der Waals surface area contributed by atoms with Gasteiger partial charge in [-0.15, -0.1) is 0 Å². The second kappa shape index (κ2) is 6.11. The van der Waals surface area contributed by atoms with Gasteiger partial charge in [0.1, 0.15) is 10.6 Å². The van der Waals surface area contributed by atoms with Crippen LogP contribution < -0.4 is 14.8 Å². The second-order valence-corrected chi connectivity index (χ2v) is 7.09. The predicted octanol–water partition coefficient (Wildman–Crippen LogP) is 1.49. The quantitative estimate of drug-likeness (QED) is 0.835. The van der Waals surface area contributed by atoms with Gasteiger partial charge in [-0.05, 0) is 43.5 Å². The summed E-state index contributed by atoms with van der Waals surface area (Å²) in [5, 5.41) is 3.03. The van der Waals surface area contributed by atoms with Crippen LogP contribution in [0.4, 0.5) is 0 Å². The van der Waals surface area contributed by atoms with E-state index in [2.05, 4.69) is 17.0 Å². The monoisotopic (exact) mass is 298 g/mol. The molecule has 0 radical (unpaired) electrons. The van der Waals surface area contributed by atoms with E-state index in [0.29, 0.717) is 18.2 Å². The van der Waals surface area contributed by atoms with Crippen molar-refractivity contribution in [3.8, 4) is 5.75 Å². The number of rotatable bonds is 6. The Morgan fingerprint density at radius 2 is 2.05 bits per heavy atom. The van der Waals surface area contributed by atoms with Crippen LogP contribution in [-0.2, 0) is 16.6 Å². The van der Waals surface area contributed by atoms with Crippen molar-refractivity contribution in [3.63, 3.8) is 0 Å². The number of sulfonamides is 1. The van der Waals surface area contributed by atoms with Crippen LogP contribution >= 0.6 is 0 Å². The summed E-state index contributed by atoms with van der Waals surface area (Å²) in [5.41, 5.74) is 0.987. The lowest BCUT2D eigenvalue weighted by Gasteiger charge is -2.33. The summed E-state index contributed by atoms with van der Waals surface area (Å²) in [4.78, 5) is 0.208. The SMILES string of the molecule is CNCc1ccc(S(=O)(=O)NC2CC(C)C2)c(OC)c1. The molecule has 1 aromatic carbocycles. The topological polar surface area (TPSA) is 67.4 Å². The minimum Gasteiger partial charge on any atom is -0.495 e. The van der Waals surface area contributed by atoms with Gasteiger partial charge < -0.3 is 10.1 Å². The van der Waals surface area contributed by atoms with Crippen molar-refractivity contribution in [2.45, 2.75) is 37.2 Å². The van der Waals surface area contributed by atoms with E-state index in [9.17, 15) is 8.42 Å². The minimum atomic E-state index is -3.51. The maximum atomic E-state index is 12.4. The van der Waals surface area contributed by atoms with Crippen LogP contribution in [0.2, 0.25) is 0 Å². The molecular formula is C14H22N2O3S. The Morgan fingerprint density at radius 1 is 1.35 bits per heavy atom. The van der Waals surface area contributed by atoms with Crippen molar-refractivity contribution in [2.75, 3.05) is 14.2 Å². The fourth-order valence-corrected chi connectivity index (χ4v) is 3.94. The molecule has 1 aliphatic carbocycles. The molecule has 0 heterocycles. The van der Waals surface area contributed by atoms with Gasteiger partial charge in [-0.3, -0.25) is 0 Å². The van der Waals surface area contributed by atoms with Gasteiger partial charge in [-0.25, -0.2) is 13.1 Å². The third kappa shape index (κ3) is 3.31. The molecule has 0 bridgehead atoms. The first kappa shape index (κ1) is 15.3. The summed E-state index contributed by atoms with van der Waals surface area (Å²) in [5.74, 6) is 0.986. The molecule has 1 aromatic rings. The number of methoxy groups -OCH3 is 1. The molecule has 0 unspecified atom stereocenters. The third-order valence-electron chi connectivity index (χ3n) is 3.59. The van der Waals surface area contributed by atoms with Gasteiger partial charge in [0.15, 0.2) is 0 Å². The van der Waals surface area contributed by atoms with Crippen molar-refractivity contribution in [1.29, 1.82) is 0 Å². The zero-order valence-corrected chi connectivity index (χ0v) is 13.0. The maximum Gasteiger partial charge on any atom is 0.244 e. The highest BCUT2D eigenvalue weighted by atomic mass is 32.2. The van der Waals surface area contributed by atoms with E-state index in [-0.39, 0.29) is 10.9 Å². The van der Waals surface area contributed by atoms with E-state index < -0.39 is 10.0 Å². The number of nitrogens with one attached hydrogen (secondary N) is 2. The third-order valence-corrected chi connectivity index (χ3v) is 5.15. The van der Waals surface area contributed by atoms with E-state index >= 15 is 0 Å². The highest BCUT2D eigenvalue weighted by Gasteiger charge is 2.31. The lowest BCUT2D eigenvalue weighted by Crippen LogP contribution is -2.43. The molecule has 0 atom stereocenters. The Kier molecular flexibility index (Phi) is 4.67. The summed E-state index contributed by atoms with van der Waals surface area (Å²) in [6.45, 7) is 2.79. The van der Waals surface area contributed by atoms with Crippen LogP contribution in [0.25, 0.3) is 0 Å². The summed E-state index contributed by atoms with van der Waals surface area (Å²) in [6.07, 6.45) is 1.80. The summed E-state index contributed by atoms with van der Waals surface area (Å²) in [6, 6.07) is 5.22. The Hall–Kier alpha value is -1.11. The molecule has 1 fully saturated rings. The minimum absolute atomic E-state index is 0.0525. The molecule has 112 valence electrons. The first-order valence-electron chi connectivity index (χ1n) is 6.80. The molecule has 0 amide bonds. The Labute approximate surface area is 120 Å². The fourth-order valence-electron chi connectivity index (χ4n) is 2.53. The standard InChI is InChI=1S/C14H22N2O3S/c1-10-6-12(7-10)16-20(17,18)14-5-4-11(9-15-2)8-13(14)19-3/h4-5,8,10,12,15-16H,6-7,9H2,1-3H3. The van der Waals surface area contributed by atoms with Gasteiger partial charge in [0.25, 0.3) is 0 Å². The molecule has 0 spiro atoms. The van der Waals surface area contributed by atoms with Gasteiger partial charge in [0.2, 0.25) is 10.0 Å². The number of benzene rings is 1. The smallest absolute Gasteiger partial charge is 0.244 e. The Morgan fingerprint density at radius 3 is 2.60 bits per heavy atom. The van der Waals surface area contributed by atoms with Crippen molar-refractivity contribution < 1.29 is 13.2 Å². The lowest BCUT2D eigenvalue weighted by atomic mass is 9.83. The number of hydrogen-bond donors (Lipinski definition) is 2. The van der Waals surface area contributed by atoms with Crippen LogP contribution in [0.1, 0.15) is 25.3 Å². The van der Waals surface area contributed by atoms with E-state index in [1.54, 1.807) is 18.2 Å². The van der Waals surface area contributed by atoms with Crippen LogP contribution in [0.3, 0.4) is 0 Å². The summed E-state index contributed by atoms with van der Waals surface area (Å²) >= 11 is 0. The van der Waals surface area contributed by atoms with Crippen LogP contribution in [-0.4, -0.2) is 28.6 Å². The fraction of sp³-hybridized carbons (Fsp3) is 0.571. The van der Waals surface area contributed by atoms with Crippen LogP contribution in [0, 0.1) is 5.92 Å². The zero-order valence-electron chi connectivity index (χ0n) is 12.1. The van der Waals surface area contributed by atoms with E-state index in [4.69, 9.17) is 4.74 Å². The van der Waals surface area contributed by atoms with E-state index in [1.807, 2.05) is 7.05 Å². The number of hydrogen-bond acceptors (Lipinski definition) is 4. The largest absolute Gasteiger partial charge is 0.495 e. The first-order valence-corrected chi connectivity index (χ1v) is 8.28. The lowest BCUT2D eigenvalue weighted by molar-refractivity contribution is 0.270. The van der Waals surface area contributed by atoms with Crippen LogP contribution in [0.5, 0.6) is 5.75 Å². The van der Waals surface area contributed by atoms with E-state index in [0.717, 1.165) is 18.4 Å². The van der Waals surface area contributed by atoms with Gasteiger partial charge >= 0.3 is 0 Å². The maximum absolute atomic E-state index is 12.4. The zero-order chi connectivity index (χ0) is 14.8. The molecule has 20 heavy (non-hydrogen) atoms. The molecule has 2 N–H and O–H groups in total. The molecule has 0 aliphatic heterocycles. The predicted molar refractivity (Wildman–Crippen MR) is 78.3 cm³/mol. The van der Waals surface area contributed by atoms with E-state index in [1.165, 1.54) is 7.11 Å². The molecule has 5 nitrogen and oxygen atoms in total. The molecular weight excluding hydrogens is 276 g/mol. The van der Waals surface area contributed by atoms with Gasteiger partial charge in [0.05, 0.1) is 7.11 Å². The Balaban J connectivity index is 2.21. The van der Waals surface area contributed by atoms with Crippen molar-refractivity contribution in [1.82, 2.24) is 10.0 Å². The highest BCUT2D eigenvalue weighted by Crippen LogP contribution is 2.30. The van der Waals surface area contributed by atoms with Crippen LogP contribution in [0.15, 0.2) is 23.1 Å².